The molecule has 3 aliphatic rings. The van der Waals surface area contributed by atoms with E-state index in [4.69, 9.17) is 14.8 Å². The zero-order chi connectivity index (χ0) is 42.8. The van der Waals surface area contributed by atoms with E-state index >= 15 is 0 Å². The van der Waals surface area contributed by atoms with Crippen molar-refractivity contribution < 1.29 is 24.2 Å². The number of β-amino-alcohol motifs (C(OH)–C–C–N with tert-alkyl or cyclic N) is 1. The molecule has 3 aliphatic heterocycles. The van der Waals surface area contributed by atoms with Gasteiger partial charge < -0.3 is 19.6 Å². The number of nitrogens with one attached hydrogen (secondary N) is 1. The Morgan fingerprint density at radius 1 is 0.758 bits per heavy atom. The molecular formula is C48H59N9O5. The van der Waals surface area contributed by atoms with Crippen molar-refractivity contribution in [2.75, 3.05) is 95.0 Å². The largest absolute Gasteiger partial charge is 0.484 e. The van der Waals surface area contributed by atoms with Gasteiger partial charge in [-0.3, -0.25) is 29.6 Å². The second-order valence-corrected chi connectivity index (χ2v) is 16.6. The van der Waals surface area contributed by atoms with Crippen molar-refractivity contribution in [2.24, 2.45) is 0 Å². The monoisotopic (exact) mass is 841 g/mol. The Balaban J connectivity index is 0.783. The number of aliphatic hydroxyl groups is 1. The van der Waals surface area contributed by atoms with Crippen LogP contribution in [0.3, 0.4) is 0 Å². The van der Waals surface area contributed by atoms with Crippen molar-refractivity contribution in [2.45, 2.75) is 51.9 Å². The normalized spacial score (nSPS) is 16.6. The molecular weight excluding hydrogens is 783 g/mol. The molecule has 4 amide bonds. The van der Waals surface area contributed by atoms with Gasteiger partial charge in [0.2, 0.25) is 5.91 Å². The molecule has 0 atom stereocenters. The predicted molar refractivity (Wildman–Crippen MR) is 242 cm³/mol. The lowest BCUT2D eigenvalue weighted by molar-refractivity contribution is -0.135. The fourth-order valence-electron chi connectivity index (χ4n) is 8.86. The molecule has 326 valence electrons. The predicted octanol–water partition coefficient (Wildman–Crippen LogP) is 5.65. The van der Waals surface area contributed by atoms with E-state index in [-0.39, 0.29) is 31.4 Å². The van der Waals surface area contributed by atoms with E-state index in [1.54, 1.807) is 24.3 Å². The van der Waals surface area contributed by atoms with Crippen LogP contribution in [0.2, 0.25) is 0 Å². The van der Waals surface area contributed by atoms with Crippen LogP contribution < -0.4 is 19.9 Å². The van der Waals surface area contributed by atoms with Crippen LogP contribution in [0, 0.1) is 6.92 Å². The fourth-order valence-corrected chi connectivity index (χ4v) is 8.86. The van der Waals surface area contributed by atoms with E-state index in [0.717, 1.165) is 105 Å². The second-order valence-electron chi connectivity index (χ2n) is 16.6. The number of unbranched alkanes of at least 4 members (excludes halogenated alkanes) is 4. The summed E-state index contributed by atoms with van der Waals surface area (Å²) in [5.41, 5.74) is 8.03. The molecule has 2 aromatic heterocycles. The minimum Gasteiger partial charge on any atom is -0.484 e. The fraction of sp³-hybridized carbons (Fsp3) is 0.438. The summed E-state index contributed by atoms with van der Waals surface area (Å²) < 4.78 is 7.85. The molecule has 0 radical (unpaired) electrons. The van der Waals surface area contributed by atoms with Gasteiger partial charge in [0.05, 0.1) is 18.0 Å². The molecule has 0 saturated carbocycles. The first kappa shape index (κ1) is 42.8. The van der Waals surface area contributed by atoms with Gasteiger partial charge in [0.25, 0.3) is 5.91 Å². The highest BCUT2D eigenvalue weighted by molar-refractivity contribution is 6.05. The summed E-state index contributed by atoms with van der Waals surface area (Å²) in [5.74, 6) is 1.24. The number of nitrogens with zero attached hydrogens (tertiary/aromatic N) is 8. The average Bonchev–Trinajstić information content (AvgIpc) is 3.64. The van der Waals surface area contributed by atoms with E-state index in [0.29, 0.717) is 37.6 Å². The molecule has 62 heavy (non-hydrogen) atoms. The molecule has 0 spiro atoms. The number of carbonyl (C=O) groups excluding carboxylic acids is 3. The summed E-state index contributed by atoms with van der Waals surface area (Å²) in [6, 6.07) is 28.1. The number of imide groups is 1. The summed E-state index contributed by atoms with van der Waals surface area (Å²) in [6.45, 7) is 10.9. The summed E-state index contributed by atoms with van der Waals surface area (Å²) in [7, 11) is 0. The van der Waals surface area contributed by atoms with E-state index in [9.17, 15) is 19.5 Å². The van der Waals surface area contributed by atoms with Gasteiger partial charge >= 0.3 is 6.03 Å². The van der Waals surface area contributed by atoms with Gasteiger partial charge in [0, 0.05) is 101 Å². The summed E-state index contributed by atoms with van der Waals surface area (Å²) in [4.78, 5) is 52.6. The number of fused-ring (bicyclic) bond motifs is 1. The van der Waals surface area contributed by atoms with Gasteiger partial charge in [-0.25, -0.2) is 9.78 Å². The third kappa shape index (κ3) is 10.4. The third-order valence-corrected chi connectivity index (χ3v) is 12.4. The maximum Gasteiger partial charge on any atom is 0.328 e. The number of piperazine rings is 2. The number of hydrogen-bond donors (Lipinski definition) is 2. The summed E-state index contributed by atoms with van der Waals surface area (Å²) >= 11 is 0. The van der Waals surface area contributed by atoms with Crippen LogP contribution in [-0.4, -0.2) is 137 Å². The number of anilines is 2. The van der Waals surface area contributed by atoms with E-state index in [1.165, 1.54) is 29.7 Å². The molecule has 3 saturated heterocycles. The Morgan fingerprint density at radius 3 is 2.27 bits per heavy atom. The maximum atomic E-state index is 13.0. The van der Waals surface area contributed by atoms with Crippen LogP contribution in [0.15, 0.2) is 84.9 Å². The Hall–Kier alpha value is -5.83. The number of amides is 4. The molecule has 3 fully saturated rings. The highest BCUT2D eigenvalue weighted by atomic mass is 16.5. The van der Waals surface area contributed by atoms with E-state index in [2.05, 4.69) is 81.5 Å². The first-order chi connectivity index (χ1) is 30.3. The van der Waals surface area contributed by atoms with Crippen molar-refractivity contribution >= 4 is 35.0 Å². The quantitative estimate of drug-likeness (QED) is 0.113. The molecule has 2 N–H and O–H groups in total. The molecule has 14 nitrogen and oxygen atoms in total. The number of aromatic nitrogens is 3. The number of aryl methyl sites for hydroxylation is 2. The van der Waals surface area contributed by atoms with Crippen LogP contribution in [0.1, 0.15) is 49.8 Å². The lowest BCUT2D eigenvalue weighted by Crippen LogP contribution is -2.50. The van der Waals surface area contributed by atoms with Crippen molar-refractivity contribution in [1.82, 2.24) is 34.6 Å². The van der Waals surface area contributed by atoms with Gasteiger partial charge in [0.15, 0.2) is 12.3 Å². The highest BCUT2D eigenvalue weighted by Crippen LogP contribution is 2.33. The van der Waals surface area contributed by atoms with Crippen molar-refractivity contribution in [1.29, 1.82) is 0 Å². The van der Waals surface area contributed by atoms with Crippen LogP contribution >= 0.6 is 0 Å². The SMILES string of the molecule is Cc1nn2c(N3CCN(CCO)CC3)cc(-c3cccc(CCCCCCCN4CCN(C(=O)COc5cccc(N6CCC(=O)NC6=O)c5)CC4)c3)nc2c1-c1ccccc1. The number of hydrogen-bond acceptors (Lipinski definition) is 10. The Kier molecular flexibility index (Phi) is 14.1. The van der Waals surface area contributed by atoms with Gasteiger partial charge in [-0.15, -0.1) is 0 Å². The zero-order valence-electron chi connectivity index (χ0n) is 35.9. The lowest BCUT2D eigenvalue weighted by Gasteiger charge is -2.35. The molecule has 5 aromatic rings. The Morgan fingerprint density at radius 2 is 1.48 bits per heavy atom. The van der Waals surface area contributed by atoms with E-state index in [1.807, 2.05) is 15.5 Å². The van der Waals surface area contributed by atoms with Gasteiger partial charge in [-0.1, -0.05) is 73.9 Å². The first-order valence-electron chi connectivity index (χ1n) is 22.3. The lowest BCUT2D eigenvalue weighted by atomic mass is 10.0. The van der Waals surface area contributed by atoms with Crippen LogP contribution in [0.4, 0.5) is 16.3 Å². The first-order valence-corrected chi connectivity index (χ1v) is 22.3. The van der Waals surface area contributed by atoms with Crippen LogP contribution in [-0.2, 0) is 16.0 Å². The molecule has 8 rings (SSSR count). The van der Waals surface area contributed by atoms with Gasteiger partial charge in [-0.05, 0) is 62.1 Å². The summed E-state index contributed by atoms with van der Waals surface area (Å²) in [6.07, 6.45) is 7.14. The number of urea groups is 1. The molecule has 0 unspecified atom stereocenters. The number of ether oxygens (including phenoxy) is 1. The van der Waals surface area contributed by atoms with E-state index < -0.39 is 6.03 Å². The molecule has 0 bridgehead atoms. The molecule has 3 aromatic carbocycles. The number of benzene rings is 3. The zero-order valence-corrected chi connectivity index (χ0v) is 35.9. The van der Waals surface area contributed by atoms with Crippen molar-refractivity contribution in [3.05, 3.63) is 96.2 Å². The average molecular weight is 842 g/mol. The second kappa shape index (κ2) is 20.4. The highest BCUT2D eigenvalue weighted by Gasteiger charge is 2.26. The number of rotatable bonds is 17. The minimum absolute atomic E-state index is 0.0425. The maximum absolute atomic E-state index is 13.0. The minimum atomic E-state index is -0.450. The Labute approximate surface area is 364 Å². The topological polar surface area (TPSA) is 139 Å². The summed E-state index contributed by atoms with van der Waals surface area (Å²) in [5, 5.41) is 16.9. The number of carbonyl (C=O) groups is 3. The van der Waals surface area contributed by atoms with Crippen LogP contribution in [0.25, 0.3) is 28.0 Å². The smallest absolute Gasteiger partial charge is 0.328 e. The van der Waals surface area contributed by atoms with Crippen LogP contribution in [0.5, 0.6) is 5.75 Å². The van der Waals surface area contributed by atoms with Gasteiger partial charge in [0.1, 0.15) is 11.6 Å². The van der Waals surface area contributed by atoms with Gasteiger partial charge in [-0.2, -0.15) is 9.61 Å². The molecule has 0 aliphatic carbocycles. The molecule has 14 heteroatoms. The Bertz CT molecular complexity index is 2320. The third-order valence-electron chi connectivity index (χ3n) is 12.4. The standard InChI is InChI=1S/C48H59N9O5/c1-36-46(38-14-7-5-8-15-38)47-49-42(34-44(57(47)51-36)54-26-22-53(23-27-54)30-31-58)39-16-10-13-37(32-39)12-6-3-2-4-9-20-52-24-28-55(29-25-52)45(60)35-62-41-18-11-17-40(33-41)56-21-19-43(59)50-48(56)61/h5,7-8,10-11,13-18,32-34,58H,2-4,6,9,12,19-31,35H2,1H3,(H,50,59,61). The van der Waals surface area contributed by atoms with Crippen molar-refractivity contribution in [3.8, 4) is 28.1 Å². The number of aliphatic hydroxyl groups excluding tert-OH is 1. The van der Waals surface area contributed by atoms with Crippen molar-refractivity contribution in [3.63, 3.8) is 0 Å². The molecule has 5 heterocycles.